The number of hydrogen-bond acceptors (Lipinski definition) is 8. The van der Waals surface area contributed by atoms with Crippen LogP contribution in [-0.2, 0) is 17.5 Å². The van der Waals surface area contributed by atoms with Crippen LogP contribution in [0.5, 0.6) is 0 Å². The second kappa shape index (κ2) is 8.59. The molecule has 10 nitrogen and oxygen atoms in total. The predicted molar refractivity (Wildman–Crippen MR) is 116 cm³/mol. The van der Waals surface area contributed by atoms with Crippen molar-refractivity contribution in [1.29, 1.82) is 0 Å². The molecule has 1 saturated heterocycles. The van der Waals surface area contributed by atoms with Gasteiger partial charge < -0.3 is 15.0 Å². The van der Waals surface area contributed by atoms with Crippen LogP contribution in [0, 0.1) is 0 Å². The van der Waals surface area contributed by atoms with Crippen molar-refractivity contribution in [1.82, 2.24) is 34.8 Å². The third-order valence-electron chi connectivity index (χ3n) is 5.00. The summed E-state index contributed by atoms with van der Waals surface area (Å²) in [4.78, 5) is 15.5. The average molecular weight is 524 g/mol. The third kappa shape index (κ3) is 4.48. The first-order chi connectivity index (χ1) is 15.9. The van der Waals surface area contributed by atoms with Crippen molar-refractivity contribution in [2.75, 3.05) is 36.5 Å². The fourth-order valence-corrected chi connectivity index (χ4v) is 3.71. The van der Waals surface area contributed by atoms with Gasteiger partial charge in [-0.25, -0.2) is 4.98 Å². The summed E-state index contributed by atoms with van der Waals surface area (Å²) in [6.45, 7) is 2.72. The Morgan fingerprint density at radius 3 is 2.76 bits per heavy atom. The second-order valence-electron chi connectivity index (χ2n) is 7.21. The summed E-state index contributed by atoms with van der Waals surface area (Å²) >= 11 is 3.45. The van der Waals surface area contributed by atoms with Crippen molar-refractivity contribution in [2.45, 2.75) is 12.7 Å². The normalized spacial score (nSPS) is 14.7. The molecule has 1 aliphatic rings. The molecule has 4 heterocycles. The number of benzene rings is 1. The van der Waals surface area contributed by atoms with E-state index in [1.807, 2.05) is 4.90 Å². The number of morpholine rings is 1. The zero-order valence-electron chi connectivity index (χ0n) is 17.0. The largest absolute Gasteiger partial charge is 0.416 e. The summed E-state index contributed by atoms with van der Waals surface area (Å²) in [5.74, 6) is 1.57. The minimum atomic E-state index is -4.44. The molecule has 5 rings (SSSR count). The van der Waals surface area contributed by atoms with Crippen LogP contribution in [0.1, 0.15) is 11.4 Å². The number of ether oxygens (including phenoxy) is 1. The second-order valence-corrected chi connectivity index (χ2v) is 8.07. The molecule has 1 aromatic carbocycles. The molecule has 2 N–H and O–H groups in total. The van der Waals surface area contributed by atoms with E-state index in [0.29, 0.717) is 54.1 Å². The Kier molecular flexibility index (Phi) is 5.62. The maximum absolute atomic E-state index is 13.0. The number of nitrogens with zero attached hydrogens (tertiary/aromatic N) is 7. The minimum Gasteiger partial charge on any atom is -0.378 e. The quantitative estimate of drug-likeness (QED) is 0.410. The maximum atomic E-state index is 13.0. The van der Waals surface area contributed by atoms with Crippen LogP contribution in [0.3, 0.4) is 0 Å². The molecule has 3 aromatic heterocycles. The number of alkyl halides is 3. The summed E-state index contributed by atoms with van der Waals surface area (Å²) in [6, 6.07) is 4.88. The number of aromatic amines is 1. The van der Waals surface area contributed by atoms with Gasteiger partial charge in [0.15, 0.2) is 11.5 Å². The average Bonchev–Trinajstić information content (AvgIpc) is 3.45. The Morgan fingerprint density at radius 1 is 1.15 bits per heavy atom. The highest BCUT2D eigenvalue weighted by Gasteiger charge is 2.30. The highest BCUT2D eigenvalue weighted by molar-refractivity contribution is 9.10. The molecule has 0 atom stereocenters. The Hall–Kier alpha value is -3.26. The van der Waals surface area contributed by atoms with Crippen molar-refractivity contribution in [3.8, 4) is 11.4 Å². The summed E-state index contributed by atoms with van der Waals surface area (Å²) < 4.78 is 46.7. The SMILES string of the molecule is FC(F)(F)c1cccc(-c2n[nH]c(CNc3nc(N4CCOCC4)nc4c(Br)cnn34)n2)c1. The molecule has 0 spiro atoms. The summed E-state index contributed by atoms with van der Waals surface area (Å²) in [7, 11) is 0. The van der Waals surface area contributed by atoms with Crippen molar-refractivity contribution in [3.63, 3.8) is 0 Å². The van der Waals surface area contributed by atoms with E-state index in [-0.39, 0.29) is 17.9 Å². The Labute approximate surface area is 193 Å². The van der Waals surface area contributed by atoms with Gasteiger partial charge in [-0.15, -0.1) is 0 Å². The highest BCUT2D eigenvalue weighted by atomic mass is 79.9. The molecule has 0 radical (unpaired) electrons. The zero-order chi connectivity index (χ0) is 23.0. The van der Waals surface area contributed by atoms with Crippen LogP contribution in [0.4, 0.5) is 25.1 Å². The first-order valence-corrected chi connectivity index (χ1v) is 10.7. The Bertz CT molecular complexity index is 1280. The molecule has 4 aromatic rings. The minimum absolute atomic E-state index is 0.168. The van der Waals surface area contributed by atoms with E-state index in [9.17, 15) is 13.2 Å². The molecule has 0 saturated carbocycles. The van der Waals surface area contributed by atoms with E-state index in [4.69, 9.17) is 4.74 Å². The van der Waals surface area contributed by atoms with Gasteiger partial charge in [-0.2, -0.15) is 37.9 Å². The smallest absolute Gasteiger partial charge is 0.378 e. The number of hydrogen-bond donors (Lipinski definition) is 2. The van der Waals surface area contributed by atoms with Gasteiger partial charge in [-0.1, -0.05) is 12.1 Å². The molecule has 1 fully saturated rings. The molecule has 172 valence electrons. The van der Waals surface area contributed by atoms with Crippen LogP contribution in [0.15, 0.2) is 34.9 Å². The fraction of sp³-hybridized carbons (Fsp3) is 0.316. The van der Waals surface area contributed by atoms with Crippen LogP contribution >= 0.6 is 15.9 Å². The number of nitrogens with one attached hydrogen (secondary N) is 2. The first-order valence-electron chi connectivity index (χ1n) is 9.95. The van der Waals surface area contributed by atoms with Gasteiger partial charge in [-0.3, -0.25) is 5.10 Å². The number of fused-ring (bicyclic) bond motifs is 1. The maximum Gasteiger partial charge on any atom is 0.416 e. The first kappa shape index (κ1) is 21.6. The standard InChI is InChI=1S/C19H17BrF3N9O/c20-13-9-25-32-16(13)27-18(31-4-6-33-7-5-31)28-17(32)24-10-14-26-15(30-29-14)11-2-1-3-12(8-11)19(21,22)23/h1-3,8-9H,4-7,10H2,(H,24,27,28)(H,26,29,30). The van der Waals surface area contributed by atoms with E-state index < -0.39 is 11.7 Å². The highest BCUT2D eigenvalue weighted by Crippen LogP contribution is 2.31. The lowest BCUT2D eigenvalue weighted by Crippen LogP contribution is -2.37. The van der Waals surface area contributed by atoms with Gasteiger partial charge in [0.25, 0.3) is 0 Å². The lowest BCUT2D eigenvalue weighted by molar-refractivity contribution is -0.137. The molecular weight excluding hydrogens is 507 g/mol. The van der Waals surface area contributed by atoms with Gasteiger partial charge in [0.1, 0.15) is 5.82 Å². The van der Waals surface area contributed by atoms with Crippen LogP contribution in [0.2, 0.25) is 0 Å². The monoisotopic (exact) mass is 523 g/mol. The van der Waals surface area contributed by atoms with Gasteiger partial charge in [-0.05, 0) is 28.1 Å². The molecule has 1 aliphatic heterocycles. The Balaban J connectivity index is 1.38. The molecule has 0 unspecified atom stereocenters. The van der Waals surface area contributed by atoms with Gasteiger partial charge in [0.05, 0.1) is 36.0 Å². The summed E-state index contributed by atoms with van der Waals surface area (Å²) in [5, 5.41) is 14.2. The topological polar surface area (TPSA) is 109 Å². The van der Waals surface area contributed by atoms with Crippen molar-refractivity contribution in [2.24, 2.45) is 0 Å². The van der Waals surface area contributed by atoms with Crippen LogP contribution in [0.25, 0.3) is 17.0 Å². The molecule has 0 aliphatic carbocycles. The van der Waals surface area contributed by atoms with Gasteiger partial charge in [0, 0.05) is 18.7 Å². The molecule has 0 bridgehead atoms. The molecule has 14 heteroatoms. The van der Waals surface area contributed by atoms with E-state index in [2.05, 4.69) is 51.5 Å². The number of H-pyrrole nitrogens is 1. The fourth-order valence-electron chi connectivity index (χ4n) is 3.36. The molecule has 33 heavy (non-hydrogen) atoms. The van der Waals surface area contributed by atoms with E-state index >= 15 is 0 Å². The summed E-state index contributed by atoms with van der Waals surface area (Å²) in [6.07, 6.45) is -2.82. The van der Waals surface area contributed by atoms with E-state index in [0.717, 1.165) is 12.1 Å². The number of rotatable bonds is 5. The van der Waals surface area contributed by atoms with Gasteiger partial charge in [0.2, 0.25) is 11.9 Å². The van der Waals surface area contributed by atoms with Gasteiger partial charge >= 0.3 is 6.18 Å². The van der Waals surface area contributed by atoms with E-state index in [1.54, 1.807) is 10.7 Å². The Morgan fingerprint density at radius 2 is 1.97 bits per heavy atom. The summed E-state index contributed by atoms with van der Waals surface area (Å²) in [5.41, 5.74) is 0.103. The van der Waals surface area contributed by atoms with Crippen LogP contribution < -0.4 is 10.2 Å². The van der Waals surface area contributed by atoms with Crippen molar-refractivity contribution >= 4 is 33.5 Å². The third-order valence-corrected chi connectivity index (χ3v) is 5.56. The van der Waals surface area contributed by atoms with E-state index in [1.165, 1.54) is 12.1 Å². The number of aromatic nitrogens is 7. The van der Waals surface area contributed by atoms with Crippen molar-refractivity contribution in [3.05, 3.63) is 46.3 Å². The number of halogens is 4. The van der Waals surface area contributed by atoms with Crippen LogP contribution in [-0.4, -0.2) is 61.1 Å². The molecular formula is C19H17BrF3N9O. The van der Waals surface area contributed by atoms with Crippen molar-refractivity contribution < 1.29 is 17.9 Å². The molecule has 0 amide bonds. The lowest BCUT2D eigenvalue weighted by atomic mass is 10.1. The number of anilines is 2. The lowest BCUT2D eigenvalue weighted by Gasteiger charge is -2.27. The predicted octanol–water partition coefficient (Wildman–Crippen LogP) is 3.14. The zero-order valence-corrected chi connectivity index (χ0v) is 18.6.